The fraction of sp³-hybridized carbons (Fsp3) is 0.809. The van der Waals surface area contributed by atoms with Gasteiger partial charge in [-0.05, 0) is 86.3 Å². The molecular weight excluding hydrogens is 801 g/mol. The quantitative estimate of drug-likeness (QED) is 0.0524. The number of aliphatic hydroxyl groups excluding tert-OH is 3. The number of fused-ring (bicyclic) bond motifs is 1. The van der Waals surface area contributed by atoms with E-state index in [9.17, 15) is 29.7 Å². The van der Waals surface area contributed by atoms with Crippen LogP contribution < -0.4 is 0 Å². The van der Waals surface area contributed by atoms with E-state index in [4.69, 9.17) is 23.1 Å². The normalized spacial score (nSPS) is 30.3. The number of ether oxygens (including phenoxy) is 4. The lowest BCUT2D eigenvalue weighted by Crippen LogP contribution is -2.61. The number of rotatable bonds is 18. The van der Waals surface area contributed by atoms with E-state index < -0.39 is 72.5 Å². The Morgan fingerprint density at radius 1 is 1.00 bits per heavy atom. The number of carbonyl (C=O) groups is 3. The van der Waals surface area contributed by atoms with Gasteiger partial charge in [-0.1, -0.05) is 119 Å². The van der Waals surface area contributed by atoms with Gasteiger partial charge >= 0.3 is 17.9 Å². The molecule has 1 heterocycles. The van der Waals surface area contributed by atoms with E-state index in [2.05, 4.69) is 106 Å². The predicted molar refractivity (Wildman–Crippen MR) is 243 cm³/mol. The van der Waals surface area contributed by atoms with Crippen LogP contribution in [0.15, 0.2) is 36.5 Å². The van der Waals surface area contributed by atoms with Crippen molar-refractivity contribution in [2.75, 3.05) is 19.1 Å². The van der Waals surface area contributed by atoms with Crippen LogP contribution in [0.2, 0.25) is 24.2 Å². The van der Waals surface area contributed by atoms with Crippen molar-refractivity contribution in [1.29, 1.82) is 0 Å². The van der Waals surface area contributed by atoms with Crippen molar-refractivity contribution in [2.45, 2.75) is 187 Å². The topological polar surface area (TPSA) is 158 Å². The first-order valence-corrected chi connectivity index (χ1v) is 27.7. The Bertz CT molecular complexity index is 1540. The maximum Gasteiger partial charge on any atom is 0.338 e. The zero-order valence-corrected chi connectivity index (χ0v) is 41.4. The summed E-state index contributed by atoms with van der Waals surface area (Å²) in [5, 5.41) is 32.0. The average Bonchev–Trinajstić information content (AvgIpc) is 3.12. The van der Waals surface area contributed by atoms with Gasteiger partial charge in [0.2, 0.25) is 6.29 Å². The van der Waals surface area contributed by atoms with Crippen molar-refractivity contribution in [3.8, 4) is 0 Å². The van der Waals surface area contributed by atoms with Crippen LogP contribution in [0.3, 0.4) is 0 Å². The molecule has 1 aliphatic heterocycles. The molecule has 0 radical (unpaired) electrons. The van der Waals surface area contributed by atoms with Gasteiger partial charge in [0, 0.05) is 10.7 Å². The molecule has 13 heteroatoms. The lowest BCUT2D eigenvalue weighted by atomic mass is 9.65. The average molecular weight is 883 g/mol. The molecule has 2 aliphatic carbocycles. The molecule has 3 rings (SSSR count). The Balaban J connectivity index is 1.97. The van der Waals surface area contributed by atoms with Crippen molar-refractivity contribution in [3.63, 3.8) is 0 Å². The molecule has 346 valence electrons. The number of allylic oxidation sites excluding steroid dienone is 3. The SMILES string of the molecule is C=CCOC(=O)[C@H]1O[C@@H](OC(=O)C[C@@H](C[C@@H](CC[C@@H]2[C@H]3C(=C[C@H](C)C[C@@H]3OC(=O)C(C)(C)CC)C=C[C@@H]2C)C[Si](C)(C)C(C)(C)C)OS(C)(C)C(C)(C)C)[C@H](O)[C@@H](O)[C@@H]1O. The van der Waals surface area contributed by atoms with E-state index in [1.54, 1.807) is 0 Å². The summed E-state index contributed by atoms with van der Waals surface area (Å²) in [4.78, 5) is 40.1. The summed E-state index contributed by atoms with van der Waals surface area (Å²) < 4.78 is 29.5. The second-order valence-corrected chi connectivity index (χ2v) is 31.1. The monoisotopic (exact) mass is 883 g/mol. The highest BCUT2D eigenvalue weighted by atomic mass is 32.3. The molecule has 3 N–H and O–H groups in total. The summed E-state index contributed by atoms with van der Waals surface area (Å²) in [6.45, 7) is 32.0. The standard InChI is InChI=1S/C47H82O11SSi/c1-17-23-54-42(52)41-39(50)38(49)40(51)43(57-41)56-36(48)27-33(58-59(13,14)45(5,6)7)26-31(28-60(15,16)46(8,9)10)20-22-34-30(4)19-21-32-24-29(3)25-35(37(32)34)55-44(53)47(11,12)18-2/h17,19,21,24,29-31,33-35,37-41,43,49-51H,1,18,20,22-23,25-28H2,2-16H3/t29-,30-,31+,33+,34-,35-,37+,38-,39-,40+,41-,43+/m0/s1. The van der Waals surface area contributed by atoms with Crippen LogP contribution in [0.4, 0.5) is 0 Å². The van der Waals surface area contributed by atoms with Crippen molar-refractivity contribution >= 4 is 36.3 Å². The predicted octanol–water partition coefficient (Wildman–Crippen LogP) is 8.67. The first-order chi connectivity index (χ1) is 27.5. The summed E-state index contributed by atoms with van der Waals surface area (Å²) in [6.07, 6.45) is 6.56. The minimum atomic E-state index is -1.88. The Morgan fingerprint density at radius 2 is 1.63 bits per heavy atom. The highest BCUT2D eigenvalue weighted by molar-refractivity contribution is 8.29. The first-order valence-electron chi connectivity index (χ1n) is 22.1. The first kappa shape index (κ1) is 52.3. The lowest BCUT2D eigenvalue weighted by Gasteiger charge is -2.47. The molecular formula is C47H82O11SSi. The Labute approximate surface area is 365 Å². The maximum absolute atomic E-state index is 13.9. The van der Waals surface area contributed by atoms with Crippen molar-refractivity contribution in [1.82, 2.24) is 0 Å². The molecule has 1 saturated heterocycles. The summed E-state index contributed by atoms with van der Waals surface area (Å²) in [6, 6.07) is 1.00. The Hall–Kier alpha value is -2.00. The fourth-order valence-corrected chi connectivity index (χ4v) is 11.7. The number of hydrogen-bond donors (Lipinski definition) is 3. The number of esters is 3. The Kier molecular flexibility index (Phi) is 18.0. The zero-order chi connectivity index (χ0) is 45.8. The molecule has 0 bridgehead atoms. The van der Waals surface area contributed by atoms with Crippen LogP contribution in [-0.4, -0.2) is 108 Å². The van der Waals surface area contributed by atoms with Crippen LogP contribution in [0.5, 0.6) is 0 Å². The summed E-state index contributed by atoms with van der Waals surface area (Å²) in [7, 11) is -3.61. The molecule has 60 heavy (non-hydrogen) atoms. The highest BCUT2D eigenvalue weighted by Crippen LogP contribution is 2.56. The summed E-state index contributed by atoms with van der Waals surface area (Å²) in [5.74, 6) is -0.765. The third-order valence-electron chi connectivity index (χ3n) is 14.3. The van der Waals surface area contributed by atoms with Crippen LogP contribution in [0.1, 0.15) is 115 Å². The molecule has 0 unspecified atom stereocenters. The number of carbonyl (C=O) groups excluding carboxylic acids is 3. The Morgan fingerprint density at radius 3 is 2.20 bits per heavy atom. The molecule has 0 aromatic carbocycles. The highest BCUT2D eigenvalue weighted by Gasteiger charge is 2.50. The van der Waals surface area contributed by atoms with Crippen LogP contribution >= 0.6 is 10.3 Å². The van der Waals surface area contributed by atoms with Gasteiger partial charge in [0.25, 0.3) is 0 Å². The van der Waals surface area contributed by atoms with Gasteiger partial charge in [0.15, 0.2) is 6.10 Å². The van der Waals surface area contributed by atoms with Gasteiger partial charge in [-0.25, -0.2) is 4.79 Å². The third kappa shape index (κ3) is 13.3. The van der Waals surface area contributed by atoms with Crippen molar-refractivity contribution in [3.05, 3.63) is 36.5 Å². The van der Waals surface area contributed by atoms with E-state index in [1.807, 2.05) is 20.8 Å². The molecule has 0 spiro atoms. The second kappa shape index (κ2) is 20.7. The minimum Gasteiger partial charge on any atom is -0.461 e. The van der Waals surface area contributed by atoms with Crippen LogP contribution in [0, 0.1) is 35.0 Å². The van der Waals surface area contributed by atoms with E-state index in [-0.39, 0.29) is 58.6 Å². The zero-order valence-electron chi connectivity index (χ0n) is 39.6. The van der Waals surface area contributed by atoms with Gasteiger partial charge in [-0.15, -0.1) is 10.3 Å². The molecule has 1 fully saturated rings. The molecule has 11 nitrogen and oxygen atoms in total. The fourth-order valence-electron chi connectivity index (χ4n) is 8.16. The molecule has 12 atom stereocenters. The van der Waals surface area contributed by atoms with E-state index in [0.717, 1.165) is 25.3 Å². The second-order valence-electron chi connectivity index (χ2n) is 21.6. The van der Waals surface area contributed by atoms with Crippen LogP contribution in [-0.2, 0) is 37.5 Å². The number of aliphatic hydroxyl groups is 3. The summed E-state index contributed by atoms with van der Waals surface area (Å²) in [5.41, 5.74) is 0.690. The lowest BCUT2D eigenvalue weighted by molar-refractivity contribution is -0.287. The molecule has 0 saturated carbocycles. The van der Waals surface area contributed by atoms with Gasteiger partial charge in [-0.2, -0.15) is 0 Å². The van der Waals surface area contributed by atoms with E-state index in [0.29, 0.717) is 18.8 Å². The minimum absolute atomic E-state index is 0.0892. The van der Waals surface area contributed by atoms with Gasteiger partial charge in [-0.3, -0.25) is 9.59 Å². The van der Waals surface area contributed by atoms with E-state index in [1.165, 1.54) is 11.6 Å². The number of hydrogen-bond acceptors (Lipinski definition) is 11. The van der Waals surface area contributed by atoms with Crippen molar-refractivity contribution < 1.29 is 52.8 Å². The van der Waals surface area contributed by atoms with Crippen molar-refractivity contribution in [2.24, 2.45) is 35.0 Å². The van der Waals surface area contributed by atoms with Gasteiger partial charge in [0.1, 0.15) is 31.0 Å². The molecule has 0 aromatic rings. The molecule has 0 aromatic heterocycles. The smallest absolute Gasteiger partial charge is 0.338 e. The third-order valence-corrected chi connectivity index (χ3v) is 23.6. The molecule has 0 amide bonds. The van der Waals surface area contributed by atoms with E-state index >= 15 is 0 Å². The van der Waals surface area contributed by atoms with Gasteiger partial charge < -0.3 is 38.5 Å². The van der Waals surface area contributed by atoms with Crippen LogP contribution in [0.25, 0.3) is 0 Å². The summed E-state index contributed by atoms with van der Waals surface area (Å²) >= 11 is 0. The van der Waals surface area contributed by atoms with Gasteiger partial charge in [0.05, 0.1) is 26.0 Å². The maximum atomic E-state index is 13.9. The molecule has 3 aliphatic rings. The largest absolute Gasteiger partial charge is 0.461 e.